The summed E-state index contributed by atoms with van der Waals surface area (Å²) in [6.45, 7) is 7.44. The molecule has 4 aliphatic rings. The number of hydrogen-bond donors (Lipinski definition) is 1. The summed E-state index contributed by atoms with van der Waals surface area (Å²) in [5, 5.41) is 0.835. The second-order valence-electron chi connectivity index (χ2n) is 17.1. The zero-order chi connectivity index (χ0) is 42.6. The van der Waals surface area contributed by atoms with Crippen molar-refractivity contribution in [2.75, 3.05) is 13.7 Å². The number of amides is 2. The Bertz CT molecular complexity index is 2100. The zero-order valence-electron chi connectivity index (χ0n) is 33.8. The molecule has 3 fully saturated rings. The van der Waals surface area contributed by atoms with Gasteiger partial charge in [0.1, 0.15) is 6.10 Å². The van der Waals surface area contributed by atoms with Crippen LogP contribution in [0.2, 0.25) is 0 Å². The van der Waals surface area contributed by atoms with E-state index in [9.17, 15) is 40.8 Å². The molecule has 13 nitrogen and oxygen atoms in total. The van der Waals surface area contributed by atoms with Crippen molar-refractivity contribution in [1.82, 2.24) is 14.6 Å². The maximum Gasteiger partial charge on any atom is 0.307 e. The van der Waals surface area contributed by atoms with Gasteiger partial charge >= 0.3 is 5.97 Å². The number of hydrogen-bond acceptors (Lipinski definition) is 11. The number of halogens is 3. The maximum absolute atomic E-state index is 14.9. The molecule has 58 heavy (non-hydrogen) atoms. The van der Waals surface area contributed by atoms with Gasteiger partial charge in [-0.05, 0) is 96.2 Å². The fraction of sp³-hybridized carbons (Fsp3) is 0.634. The molecule has 0 bridgehead atoms. The Balaban J connectivity index is 1.36. The molecule has 2 aliphatic heterocycles. The molecule has 0 unspecified atom stereocenters. The van der Waals surface area contributed by atoms with Crippen LogP contribution in [0.5, 0.6) is 11.6 Å². The summed E-state index contributed by atoms with van der Waals surface area (Å²) in [6.07, 6.45) is 3.54. The maximum atomic E-state index is 14.9. The summed E-state index contributed by atoms with van der Waals surface area (Å²) < 4.78 is 94.1. The van der Waals surface area contributed by atoms with Crippen LogP contribution in [0.3, 0.4) is 0 Å². The summed E-state index contributed by atoms with van der Waals surface area (Å²) in [6, 6.07) is 3.07. The third-order valence-electron chi connectivity index (χ3n) is 12.4. The standard InChI is InChI=1S/C41H52F3N3O10S/c1-23-10-8-9-11-26-20-41(26,37(51)46-58(52,53)39(5)13-14-39)21-32(48)31-17-27(56-35-29-18-30(42)33(54-7)16-25(29)12-15-45-35)22-47(31)36(50)28(24(2)55-23)19-34(49)57-38(3,4)40(6,43)44/h9,11-12,15-16,18,23-24,26-28,31H,8,10,13-14,17,19-22H2,1-7H3,(H,46,51)/b11-9-/t23-,24+,26-,27-,28+,31+,41-/m1/s1. The molecule has 17 heteroatoms. The second-order valence-corrected chi connectivity index (χ2v) is 19.3. The lowest BCUT2D eigenvalue weighted by molar-refractivity contribution is -0.198. The van der Waals surface area contributed by atoms with E-state index in [4.69, 9.17) is 18.9 Å². The first-order chi connectivity index (χ1) is 27.0. The van der Waals surface area contributed by atoms with E-state index in [0.29, 0.717) is 43.4 Å². The number of rotatable bonds is 10. The van der Waals surface area contributed by atoms with Gasteiger partial charge in [-0.15, -0.1) is 0 Å². The SMILES string of the molecule is COc1cc2ccnc(O[C@@H]3C[C@H]4C(=O)C[C@]5(C(=O)NS(=O)(=O)C6(C)CC6)C[C@H]5/C=C\CC[C@@H](C)O[C@@H](C)[C@H](CC(=O)OC(C)(C)C(C)(F)F)C(=O)N4C3)c2cc1F. The Hall–Kier alpha value is -4.25. The summed E-state index contributed by atoms with van der Waals surface area (Å²) >= 11 is 0. The van der Waals surface area contributed by atoms with Crippen molar-refractivity contribution < 1.29 is 59.7 Å². The first kappa shape index (κ1) is 43.3. The summed E-state index contributed by atoms with van der Waals surface area (Å²) in [5.41, 5.74) is -3.63. The smallest absolute Gasteiger partial charge is 0.307 e. The predicted octanol–water partition coefficient (Wildman–Crippen LogP) is 5.82. The van der Waals surface area contributed by atoms with E-state index in [0.717, 1.165) is 13.8 Å². The molecule has 318 valence electrons. The van der Waals surface area contributed by atoms with Crippen LogP contribution in [-0.4, -0.2) is 96.1 Å². The van der Waals surface area contributed by atoms with Crippen LogP contribution in [0, 0.1) is 23.1 Å². The highest BCUT2D eigenvalue weighted by atomic mass is 32.2. The molecule has 0 spiro atoms. The van der Waals surface area contributed by atoms with Crippen LogP contribution in [0.1, 0.15) is 92.9 Å². The number of carbonyl (C=O) groups is 4. The van der Waals surface area contributed by atoms with Crippen LogP contribution >= 0.6 is 0 Å². The van der Waals surface area contributed by atoms with E-state index in [1.165, 1.54) is 30.3 Å². The summed E-state index contributed by atoms with van der Waals surface area (Å²) in [5.74, 6) is -8.99. The second kappa shape index (κ2) is 15.7. The van der Waals surface area contributed by atoms with Gasteiger partial charge in [-0.3, -0.25) is 23.9 Å². The molecule has 1 N–H and O–H groups in total. The topological polar surface area (TPSA) is 168 Å². The van der Waals surface area contributed by atoms with Gasteiger partial charge in [-0.25, -0.2) is 26.6 Å². The van der Waals surface area contributed by atoms with Crippen molar-refractivity contribution in [3.63, 3.8) is 0 Å². The number of Topliss-reactive ketones (excluding diaryl/α,β-unsaturated/α-hetero) is 1. The van der Waals surface area contributed by atoms with Gasteiger partial charge in [-0.2, -0.15) is 0 Å². The number of methoxy groups -OCH3 is 1. The van der Waals surface area contributed by atoms with Gasteiger partial charge in [0.15, 0.2) is 23.0 Å². The number of ketones is 1. The average Bonchev–Trinajstić information content (AvgIpc) is 4.01. The lowest BCUT2D eigenvalue weighted by Crippen LogP contribution is -2.50. The molecule has 1 saturated heterocycles. The Kier molecular flexibility index (Phi) is 11.8. The largest absolute Gasteiger partial charge is 0.494 e. The van der Waals surface area contributed by atoms with E-state index in [1.54, 1.807) is 26.8 Å². The molecule has 2 saturated carbocycles. The van der Waals surface area contributed by atoms with Crippen molar-refractivity contribution in [3.05, 3.63) is 42.4 Å². The van der Waals surface area contributed by atoms with E-state index in [1.807, 2.05) is 12.2 Å². The van der Waals surface area contributed by atoms with Crippen LogP contribution in [-0.2, 0) is 38.7 Å². The van der Waals surface area contributed by atoms with Gasteiger partial charge in [0.05, 0.1) is 54.4 Å². The van der Waals surface area contributed by atoms with E-state index in [-0.39, 0.29) is 31.0 Å². The van der Waals surface area contributed by atoms with Crippen molar-refractivity contribution in [3.8, 4) is 11.6 Å². The molecule has 1 aromatic carbocycles. The minimum atomic E-state index is -4.05. The minimum absolute atomic E-state index is 0.000826. The molecular formula is C41H52F3N3O10S. The van der Waals surface area contributed by atoms with Crippen molar-refractivity contribution in [2.45, 2.75) is 134 Å². The molecule has 3 heterocycles. The number of pyridine rings is 1. The predicted molar refractivity (Wildman–Crippen MR) is 205 cm³/mol. The number of allylic oxidation sites excluding steroid dienone is 2. The monoisotopic (exact) mass is 835 g/mol. The van der Waals surface area contributed by atoms with Crippen LogP contribution in [0.4, 0.5) is 13.2 Å². The Morgan fingerprint density at radius 2 is 1.84 bits per heavy atom. The fourth-order valence-corrected chi connectivity index (χ4v) is 9.05. The first-order valence-corrected chi connectivity index (χ1v) is 21.1. The van der Waals surface area contributed by atoms with Gasteiger partial charge in [0.2, 0.25) is 27.7 Å². The van der Waals surface area contributed by atoms with Crippen LogP contribution in [0.15, 0.2) is 36.5 Å². The molecule has 1 aromatic heterocycles. The van der Waals surface area contributed by atoms with Crippen molar-refractivity contribution >= 4 is 44.4 Å². The quantitative estimate of drug-likeness (QED) is 0.226. The van der Waals surface area contributed by atoms with Crippen LogP contribution < -0.4 is 14.2 Å². The summed E-state index contributed by atoms with van der Waals surface area (Å²) in [4.78, 5) is 62.2. The third kappa shape index (κ3) is 8.70. The normalized spacial score (nSPS) is 29.7. The molecular weight excluding hydrogens is 784 g/mol. The highest BCUT2D eigenvalue weighted by molar-refractivity contribution is 7.91. The lowest BCUT2D eigenvalue weighted by atomic mass is 9.90. The minimum Gasteiger partial charge on any atom is -0.494 e. The molecule has 2 amide bonds. The van der Waals surface area contributed by atoms with Gasteiger partial charge in [0, 0.05) is 31.3 Å². The van der Waals surface area contributed by atoms with Gasteiger partial charge in [-0.1, -0.05) is 12.2 Å². The number of nitrogens with one attached hydrogen (secondary N) is 1. The molecule has 2 aliphatic carbocycles. The van der Waals surface area contributed by atoms with Crippen molar-refractivity contribution in [2.24, 2.45) is 17.3 Å². The fourth-order valence-electron chi connectivity index (χ4n) is 7.72. The van der Waals surface area contributed by atoms with E-state index < -0.39 is 110 Å². The number of benzene rings is 1. The number of aromatic nitrogens is 1. The zero-order valence-corrected chi connectivity index (χ0v) is 34.6. The molecule has 7 atom stereocenters. The number of esters is 1. The number of alkyl halides is 2. The number of nitrogens with zero attached hydrogens (tertiary/aromatic N) is 2. The Morgan fingerprint density at radius 3 is 2.50 bits per heavy atom. The van der Waals surface area contributed by atoms with Crippen LogP contribution in [0.25, 0.3) is 10.8 Å². The average molecular weight is 836 g/mol. The van der Waals surface area contributed by atoms with Gasteiger partial charge < -0.3 is 23.8 Å². The number of carbonyl (C=O) groups excluding carboxylic acids is 4. The van der Waals surface area contributed by atoms with E-state index >= 15 is 0 Å². The molecule has 6 rings (SSSR count). The molecule has 0 radical (unpaired) electrons. The van der Waals surface area contributed by atoms with Gasteiger partial charge in [0.25, 0.3) is 5.92 Å². The Labute approximate surface area is 336 Å². The molecule has 2 aromatic rings. The number of ether oxygens (including phenoxy) is 4. The summed E-state index contributed by atoms with van der Waals surface area (Å²) in [7, 11) is -2.72. The third-order valence-corrected chi connectivity index (χ3v) is 14.5. The number of sulfonamides is 1. The van der Waals surface area contributed by atoms with Crippen molar-refractivity contribution in [1.29, 1.82) is 0 Å². The first-order valence-electron chi connectivity index (χ1n) is 19.6. The highest BCUT2D eigenvalue weighted by Gasteiger charge is 2.63. The van der Waals surface area contributed by atoms with E-state index in [2.05, 4.69) is 9.71 Å². The Morgan fingerprint density at radius 1 is 1.14 bits per heavy atom. The highest BCUT2D eigenvalue weighted by Crippen LogP contribution is 2.57. The number of fused-ring (bicyclic) bond motifs is 3. The lowest BCUT2D eigenvalue weighted by Gasteiger charge is -2.34.